The van der Waals surface area contributed by atoms with Crippen LogP contribution in [-0.2, 0) is 9.53 Å². The zero-order valence-electron chi connectivity index (χ0n) is 12.1. The van der Waals surface area contributed by atoms with Crippen LogP contribution < -0.4 is 5.32 Å². The summed E-state index contributed by atoms with van der Waals surface area (Å²) < 4.78 is 5.16. The molecule has 116 valence electrons. The Bertz CT molecular complexity index is 618. The van der Waals surface area contributed by atoms with Gasteiger partial charge < -0.3 is 10.1 Å². The normalized spacial score (nSPS) is 20.7. The maximum Gasteiger partial charge on any atom is 0.312 e. The summed E-state index contributed by atoms with van der Waals surface area (Å²) in [6, 6.07) is 3.08. The predicted octanol–water partition coefficient (Wildman–Crippen LogP) is 2.15. The van der Waals surface area contributed by atoms with Crippen molar-refractivity contribution in [3.8, 4) is 6.07 Å². The molecule has 0 aliphatic heterocycles. The van der Waals surface area contributed by atoms with E-state index in [0.717, 1.165) is 12.8 Å². The molecule has 0 bridgehead atoms. The van der Waals surface area contributed by atoms with Gasteiger partial charge in [0.1, 0.15) is 12.2 Å². The largest absolute Gasteiger partial charge is 0.463 e. The third-order valence-corrected chi connectivity index (χ3v) is 3.54. The van der Waals surface area contributed by atoms with Gasteiger partial charge in [-0.1, -0.05) is 0 Å². The van der Waals surface area contributed by atoms with Crippen LogP contribution in [0.1, 0.15) is 38.2 Å². The molecule has 1 aromatic heterocycles. The highest BCUT2D eigenvalue weighted by Crippen LogP contribution is 2.28. The average Bonchev–Trinajstić information content (AvgIpc) is 2.49. The monoisotopic (exact) mass is 304 g/mol. The molecule has 1 aliphatic carbocycles. The van der Waals surface area contributed by atoms with Gasteiger partial charge in [0.25, 0.3) is 0 Å². The summed E-state index contributed by atoms with van der Waals surface area (Å²) >= 11 is 0. The summed E-state index contributed by atoms with van der Waals surface area (Å²) in [5.74, 6) is -0.124. The molecule has 0 radical (unpaired) electrons. The number of hydrogen-bond donors (Lipinski definition) is 1. The van der Waals surface area contributed by atoms with Gasteiger partial charge in [-0.05, 0) is 25.7 Å². The Kier molecular flexibility index (Phi) is 4.88. The summed E-state index contributed by atoms with van der Waals surface area (Å²) in [5.41, 5.74) is -0.0584. The van der Waals surface area contributed by atoms with E-state index in [2.05, 4.69) is 10.3 Å². The van der Waals surface area contributed by atoms with E-state index < -0.39 is 4.92 Å². The highest BCUT2D eigenvalue weighted by Gasteiger charge is 2.25. The fourth-order valence-electron chi connectivity index (χ4n) is 2.52. The number of anilines is 1. The number of nitriles is 1. The summed E-state index contributed by atoms with van der Waals surface area (Å²) in [5, 5.41) is 22.9. The van der Waals surface area contributed by atoms with Crippen LogP contribution in [0.4, 0.5) is 11.5 Å². The molecular formula is C14H16N4O4. The van der Waals surface area contributed by atoms with Gasteiger partial charge in [0.15, 0.2) is 0 Å². The van der Waals surface area contributed by atoms with Crippen molar-refractivity contribution < 1.29 is 14.5 Å². The van der Waals surface area contributed by atoms with Gasteiger partial charge in [0.05, 0.1) is 10.5 Å². The summed E-state index contributed by atoms with van der Waals surface area (Å²) in [7, 11) is 0. The van der Waals surface area contributed by atoms with E-state index >= 15 is 0 Å². The Balaban J connectivity index is 2.02. The molecule has 0 atom stereocenters. The lowest BCUT2D eigenvalue weighted by molar-refractivity contribution is -0.384. The van der Waals surface area contributed by atoms with Gasteiger partial charge >= 0.3 is 11.7 Å². The molecule has 0 saturated heterocycles. The standard InChI is InChI=1S/C14H16N4O4/c1-9(19)22-12-4-2-11(3-5-12)17-14-13(18(20)21)6-10(7-15)8-16-14/h6,8,11-12H,2-5H2,1H3,(H,16,17)/t11-,12-. The van der Waals surface area contributed by atoms with Crippen molar-refractivity contribution in [1.82, 2.24) is 4.98 Å². The Morgan fingerprint density at radius 2 is 2.18 bits per heavy atom. The molecule has 1 aromatic rings. The smallest absolute Gasteiger partial charge is 0.312 e. The summed E-state index contributed by atoms with van der Waals surface area (Å²) in [6.45, 7) is 1.38. The van der Waals surface area contributed by atoms with Crippen LogP contribution in [-0.4, -0.2) is 28.0 Å². The highest BCUT2D eigenvalue weighted by molar-refractivity contribution is 5.66. The molecule has 0 spiro atoms. The van der Waals surface area contributed by atoms with Crippen molar-refractivity contribution in [3.63, 3.8) is 0 Å². The Labute approximate surface area is 127 Å². The first-order valence-corrected chi connectivity index (χ1v) is 6.98. The van der Waals surface area contributed by atoms with Crippen LogP contribution in [0, 0.1) is 21.4 Å². The SMILES string of the molecule is CC(=O)O[C@H]1CC[C@H](Nc2ncc(C#N)cc2[N+](=O)[O-])CC1. The van der Waals surface area contributed by atoms with Crippen molar-refractivity contribution in [1.29, 1.82) is 5.26 Å². The van der Waals surface area contributed by atoms with E-state index in [4.69, 9.17) is 10.00 Å². The van der Waals surface area contributed by atoms with Crippen LogP contribution in [0.5, 0.6) is 0 Å². The van der Waals surface area contributed by atoms with E-state index in [1.54, 1.807) is 0 Å². The number of nitrogens with one attached hydrogen (secondary N) is 1. The van der Waals surface area contributed by atoms with Crippen molar-refractivity contribution in [2.45, 2.75) is 44.8 Å². The molecule has 1 heterocycles. The fourth-order valence-corrected chi connectivity index (χ4v) is 2.52. The number of hydrogen-bond acceptors (Lipinski definition) is 7. The molecule has 2 rings (SSSR count). The van der Waals surface area contributed by atoms with Gasteiger partial charge in [-0.15, -0.1) is 0 Å². The van der Waals surface area contributed by atoms with Gasteiger partial charge in [-0.3, -0.25) is 14.9 Å². The second-order valence-corrected chi connectivity index (χ2v) is 5.19. The maximum absolute atomic E-state index is 11.1. The molecule has 1 aliphatic rings. The number of carbonyl (C=O) groups excluding carboxylic acids is 1. The molecular weight excluding hydrogens is 288 g/mol. The minimum absolute atomic E-state index is 0.0333. The number of esters is 1. The first kappa shape index (κ1) is 15.7. The van der Waals surface area contributed by atoms with Crippen molar-refractivity contribution in [2.75, 3.05) is 5.32 Å². The first-order valence-electron chi connectivity index (χ1n) is 6.98. The number of aromatic nitrogens is 1. The molecule has 0 amide bonds. The van der Waals surface area contributed by atoms with Crippen LogP contribution in [0.3, 0.4) is 0 Å². The Hall–Kier alpha value is -2.69. The molecule has 1 fully saturated rings. The van der Waals surface area contributed by atoms with Crippen molar-refractivity contribution >= 4 is 17.5 Å². The maximum atomic E-state index is 11.1. The summed E-state index contributed by atoms with van der Waals surface area (Å²) in [6.07, 6.45) is 4.11. The van der Waals surface area contributed by atoms with Crippen LogP contribution >= 0.6 is 0 Å². The number of rotatable bonds is 4. The highest BCUT2D eigenvalue weighted by atomic mass is 16.6. The minimum Gasteiger partial charge on any atom is -0.463 e. The van der Waals surface area contributed by atoms with Gasteiger partial charge in [0, 0.05) is 25.2 Å². The lowest BCUT2D eigenvalue weighted by Crippen LogP contribution is -2.31. The fraction of sp³-hybridized carbons (Fsp3) is 0.500. The van der Waals surface area contributed by atoms with Crippen LogP contribution in [0.2, 0.25) is 0 Å². The van der Waals surface area contributed by atoms with E-state index in [-0.39, 0.29) is 35.2 Å². The third-order valence-electron chi connectivity index (χ3n) is 3.54. The average molecular weight is 304 g/mol. The first-order chi connectivity index (χ1) is 10.5. The molecule has 8 nitrogen and oxygen atoms in total. The number of ether oxygens (including phenoxy) is 1. The topological polar surface area (TPSA) is 118 Å². The van der Waals surface area contributed by atoms with Gasteiger partial charge in [-0.25, -0.2) is 4.98 Å². The third kappa shape index (κ3) is 3.91. The predicted molar refractivity (Wildman–Crippen MR) is 77.0 cm³/mol. The Morgan fingerprint density at radius 1 is 1.50 bits per heavy atom. The van der Waals surface area contributed by atoms with Gasteiger partial charge in [0.2, 0.25) is 5.82 Å². The number of nitro groups is 1. The van der Waals surface area contributed by atoms with Crippen molar-refractivity contribution in [2.24, 2.45) is 0 Å². The van der Waals surface area contributed by atoms with E-state index in [1.807, 2.05) is 6.07 Å². The lowest BCUT2D eigenvalue weighted by atomic mass is 9.93. The van der Waals surface area contributed by atoms with E-state index in [9.17, 15) is 14.9 Å². The molecule has 8 heteroatoms. The lowest BCUT2D eigenvalue weighted by Gasteiger charge is -2.28. The zero-order valence-corrected chi connectivity index (χ0v) is 12.1. The van der Waals surface area contributed by atoms with E-state index in [1.165, 1.54) is 19.2 Å². The van der Waals surface area contributed by atoms with Crippen molar-refractivity contribution in [3.05, 3.63) is 27.9 Å². The number of carbonyl (C=O) groups is 1. The van der Waals surface area contributed by atoms with Gasteiger partial charge in [-0.2, -0.15) is 5.26 Å². The molecule has 1 N–H and O–H groups in total. The zero-order chi connectivity index (χ0) is 16.1. The quantitative estimate of drug-likeness (QED) is 0.514. The molecule has 1 saturated carbocycles. The van der Waals surface area contributed by atoms with Crippen LogP contribution in [0.15, 0.2) is 12.3 Å². The second kappa shape index (κ2) is 6.85. The summed E-state index contributed by atoms with van der Waals surface area (Å²) in [4.78, 5) is 25.4. The number of nitrogens with zero attached hydrogens (tertiary/aromatic N) is 3. The minimum atomic E-state index is -0.555. The Morgan fingerprint density at radius 3 is 2.73 bits per heavy atom. The molecule has 0 unspecified atom stereocenters. The van der Waals surface area contributed by atoms with E-state index in [0.29, 0.717) is 12.8 Å². The molecule has 22 heavy (non-hydrogen) atoms. The van der Waals surface area contributed by atoms with Crippen LogP contribution in [0.25, 0.3) is 0 Å². The second-order valence-electron chi connectivity index (χ2n) is 5.19. The number of pyridine rings is 1. The molecule has 0 aromatic carbocycles.